The lowest BCUT2D eigenvalue weighted by Crippen LogP contribution is -2.06. The summed E-state index contributed by atoms with van der Waals surface area (Å²) in [6.07, 6.45) is 1.87. The molecule has 3 aromatic rings. The molecule has 0 aliphatic heterocycles. The third-order valence-corrected chi connectivity index (χ3v) is 3.00. The van der Waals surface area contributed by atoms with Gasteiger partial charge in [0.05, 0.1) is 24.0 Å². The van der Waals surface area contributed by atoms with Gasteiger partial charge in [-0.25, -0.2) is 4.98 Å². The molecule has 3 heteroatoms. The SMILES string of the molecule is Cc1cccc(NCn2cnc3ccccc32)c1. The Bertz CT molecular complexity index is 670. The minimum absolute atomic E-state index is 0.726. The molecule has 0 saturated heterocycles. The number of fused-ring (bicyclic) bond motifs is 1. The summed E-state index contributed by atoms with van der Waals surface area (Å²) in [4.78, 5) is 4.37. The zero-order chi connectivity index (χ0) is 12.4. The second kappa shape index (κ2) is 4.53. The highest BCUT2D eigenvalue weighted by Crippen LogP contribution is 2.13. The first kappa shape index (κ1) is 10.8. The van der Waals surface area contributed by atoms with Crippen LogP contribution < -0.4 is 5.32 Å². The van der Waals surface area contributed by atoms with Gasteiger partial charge in [-0.2, -0.15) is 0 Å². The molecule has 0 bridgehead atoms. The van der Waals surface area contributed by atoms with Crippen molar-refractivity contribution in [2.45, 2.75) is 13.6 Å². The smallest absolute Gasteiger partial charge is 0.0973 e. The molecule has 1 aromatic heterocycles. The molecular weight excluding hydrogens is 222 g/mol. The second-order valence-corrected chi connectivity index (χ2v) is 4.41. The Kier molecular flexibility index (Phi) is 2.73. The monoisotopic (exact) mass is 237 g/mol. The fraction of sp³-hybridized carbons (Fsp3) is 0.133. The van der Waals surface area contributed by atoms with Gasteiger partial charge in [0, 0.05) is 5.69 Å². The lowest BCUT2D eigenvalue weighted by molar-refractivity contribution is 0.800. The highest BCUT2D eigenvalue weighted by molar-refractivity contribution is 5.75. The third kappa shape index (κ3) is 2.07. The molecule has 3 nitrogen and oxygen atoms in total. The van der Waals surface area contributed by atoms with E-state index in [1.807, 2.05) is 24.5 Å². The molecule has 0 unspecified atom stereocenters. The average molecular weight is 237 g/mol. The molecule has 3 rings (SSSR count). The van der Waals surface area contributed by atoms with Crippen molar-refractivity contribution in [3.63, 3.8) is 0 Å². The molecule has 18 heavy (non-hydrogen) atoms. The summed E-state index contributed by atoms with van der Waals surface area (Å²) in [6.45, 7) is 2.82. The maximum atomic E-state index is 4.37. The molecular formula is C15H15N3. The predicted molar refractivity (Wildman–Crippen MR) is 74.5 cm³/mol. The highest BCUT2D eigenvalue weighted by atomic mass is 15.1. The maximum absolute atomic E-state index is 4.37. The molecule has 1 N–H and O–H groups in total. The number of imidazole rings is 1. The minimum atomic E-state index is 0.726. The minimum Gasteiger partial charge on any atom is -0.367 e. The Hall–Kier alpha value is -2.29. The quantitative estimate of drug-likeness (QED) is 0.756. The maximum Gasteiger partial charge on any atom is 0.0973 e. The van der Waals surface area contributed by atoms with Gasteiger partial charge in [0.2, 0.25) is 0 Å². The number of anilines is 1. The van der Waals surface area contributed by atoms with E-state index in [9.17, 15) is 0 Å². The van der Waals surface area contributed by atoms with Crippen molar-refractivity contribution >= 4 is 16.7 Å². The first-order valence-electron chi connectivity index (χ1n) is 6.03. The van der Waals surface area contributed by atoms with E-state index >= 15 is 0 Å². The number of nitrogens with one attached hydrogen (secondary N) is 1. The van der Waals surface area contributed by atoms with Crippen LogP contribution in [0.4, 0.5) is 5.69 Å². The number of hydrogen-bond donors (Lipinski definition) is 1. The summed E-state index contributed by atoms with van der Waals surface area (Å²) in [6, 6.07) is 16.5. The van der Waals surface area contributed by atoms with Crippen LogP contribution in [0.5, 0.6) is 0 Å². The van der Waals surface area contributed by atoms with Gasteiger partial charge in [-0.05, 0) is 36.8 Å². The Morgan fingerprint density at radius 3 is 2.89 bits per heavy atom. The summed E-state index contributed by atoms with van der Waals surface area (Å²) in [7, 11) is 0. The zero-order valence-corrected chi connectivity index (χ0v) is 10.3. The van der Waals surface area contributed by atoms with E-state index in [-0.39, 0.29) is 0 Å². The van der Waals surface area contributed by atoms with Gasteiger partial charge in [0.25, 0.3) is 0 Å². The first-order chi connectivity index (χ1) is 8.83. The molecule has 0 saturated carbocycles. The molecule has 2 aromatic carbocycles. The van der Waals surface area contributed by atoms with Crippen LogP contribution in [0.1, 0.15) is 5.56 Å². The topological polar surface area (TPSA) is 29.9 Å². The Morgan fingerprint density at radius 1 is 1.11 bits per heavy atom. The van der Waals surface area contributed by atoms with Crippen LogP contribution >= 0.6 is 0 Å². The van der Waals surface area contributed by atoms with Crippen molar-refractivity contribution in [3.05, 3.63) is 60.4 Å². The predicted octanol–water partition coefficient (Wildman–Crippen LogP) is 3.41. The number of aryl methyl sites for hydroxylation is 1. The number of rotatable bonds is 3. The van der Waals surface area contributed by atoms with Gasteiger partial charge in [-0.3, -0.25) is 0 Å². The molecule has 90 valence electrons. The molecule has 0 aliphatic carbocycles. The summed E-state index contributed by atoms with van der Waals surface area (Å²) >= 11 is 0. The van der Waals surface area contributed by atoms with E-state index in [4.69, 9.17) is 0 Å². The summed E-state index contributed by atoms with van der Waals surface area (Å²) in [5.74, 6) is 0. The standard InChI is InChI=1S/C15H15N3/c1-12-5-4-6-13(9-12)16-10-18-11-17-14-7-2-3-8-15(14)18/h2-9,11,16H,10H2,1H3. The van der Waals surface area contributed by atoms with Crippen LogP contribution in [0.2, 0.25) is 0 Å². The largest absolute Gasteiger partial charge is 0.367 e. The van der Waals surface area contributed by atoms with Gasteiger partial charge in [-0.1, -0.05) is 24.3 Å². The lowest BCUT2D eigenvalue weighted by atomic mass is 10.2. The summed E-state index contributed by atoms with van der Waals surface area (Å²) in [5, 5.41) is 3.40. The van der Waals surface area contributed by atoms with Crippen LogP contribution in [0, 0.1) is 6.92 Å². The van der Waals surface area contributed by atoms with E-state index in [1.54, 1.807) is 0 Å². The van der Waals surface area contributed by atoms with E-state index in [0.717, 1.165) is 23.4 Å². The lowest BCUT2D eigenvalue weighted by Gasteiger charge is -2.08. The molecule has 0 fully saturated rings. The van der Waals surface area contributed by atoms with Crippen LogP contribution in [0.15, 0.2) is 54.9 Å². The van der Waals surface area contributed by atoms with Crippen LogP contribution in [0.3, 0.4) is 0 Å². The van der Waals surface area contributed by atoms with Crippen LogP contribution in [-0.4, -0.2) is 9.55 Å². The molecule has 0 spiro atoms. The average Bonchev–Trinajstić information content (AvgIpc) is 2.80. The van der Waals surface area contributed by atoms with Crippen molar-refractivity contribution < 1.29 is 0 Å². The van der Waals surface area contributed by atoms with E-state index in [2.05, 4.69) is 52.1 Å². The number of nitrogens with zero attached hydrogens (tertiary/aromatic N) is 2. The van der Waals surface area contributed by atoms with Gasteiger partial charge in [0.15, 0.2) is 0 Å². The normalized spacial score (nSPS) is 10.7. The van der Waals surface area contributed by atoms with E-state index in [1.165, 1.54) is 5.56 Å². The fourth-order valence-corrected chi connectivity index (χ4v) is 2.07. The summed E-state index contributed by atoms with van der Waals surface area (Å²) < 4.78 is 2.11. The Morgan fingerprint density at radius 2 is 2.00 bits per heavy atom. The van der Waals surface area contributed by atoms with Gasteiger partial charge < -0.3 is 9.88 Å². The van der Waals surface area contributed by atoms with Crippen molar-refractivity contribution in [1.29, 1.82) is 0 Å². The molecule has 0 amide bonds. The van der Waals surface area contributed by atoms with Crippen molar-refractivity contribution in [2.24, 2.45) is 0 Å². The van der Waals surface area contributed by atoms with E-state index < -0.39 is 0 Å². The molecule has 1 heterocycles. The van der Waals surface area contributed by atoms with Gasteiger partial charge in [-0.15, -0.1) is 0 Å². The van der Waals surface area contributed by atoms with Gasteiger partial charge >= 0.3 is 0 Å². The molecule has 0 radical (unpaired) electrons. The molecule has 0 aliphatic rings. The molecule has 0 atom stereocenters. The van der Waals surface area contributed by atoms with Crippen LogP contribution in [0.25, 0.3) is 11.0 Å². The van der Waals surface area contributed by atoms with Crippen LogP contribution in [-0.2, 0) is 6.67 Å². The number of hydrogen-bond acceptors (Lipinski definition) is 2. The fourth-order valence-electron chi connectivity index (χ4n) is 2.07. The first-order valence-corrected chi connectivity index (χ1v) is 6.03. The third-order valence-electron chi connectivity index (χ3n) is 3.00. The Balaban J connectivity index is 1.81. The number of aromatic nitrogens is 2. The second-order valence-electron chi connectivity index (χ2n) is 4.41. The van der Waals surface area contributed by atoms with Crippen molar-refractivity contribution in [1.82, 2.24) is 9.55 Å². The summed E-state index contributed by atoms with van der Waals surface area (Å²) in [5.41, 5.74) is 4.57. The van der Waals surface area contributed by atoms with Gasteiger partial charge in [0.1, 0.15) is 0 Å². The number of benzene rings is 2. The van der Waals surface area contributed by atoms with E-state index in [0.29, 0.717) is 0 Å². The highest BCUT2D eigenvalue weighted by Gasteiger charge is 2.00. The zero-order valence-electron chi connectivity index (χ0n) is 10.3. The Labute approximate surface area is 106 Å². The number of para-hydroxylation sites is 2. The van der Waals surface area contributed by atoms with Crippen molar-refractivity contribution in [2.75, 3.05) is 5.32 Å². The van der Waals surface area contributed by atoms with Crippen molar-refractivity contribution in [3.8, 4) is 0 Å².